The van der Waals surface area contributed by atoms with Gasteiger partial charge in [0, 0.05) is 12.1 Å². The summed E-state index contributed by atoms with van der Waals surface area (Å²) in [7, 11) is 0. The molecular weight excluding hydrogens is 248 g/mol. The van der Waals surface area contributed by atoms with E-state index in [4.69, 9.17) is 0 Å². The quantitative estimate of drug-likeness (QED) is 0.879. The van der Waals surface area contributed by atoms with E-state index in [1.54, 1.807) is 0 Å². The Labute approximate surface area is 115 Å². The fraction of sp³-hybridized carbons (Fsp3) is 0.500. The maximum Gasteiger partial charge on any atom is 0.251 e. The zero-order chi connectivity index (χ0) is 12.1. The van der Waals surface area contributed by atoms with E-state index in [1.807, 2.05) is 31.2 Å². The zero-order valence-corrected chi connectivity index (χ0v) is 11.6. The van der Waals surface area contributed by atoms with Crippen LogP contribution in [-0.2, 0) is 0 Å². The van der Waals surface area contributed by atoms with Gasteiger partial charge in [0.05, 0.1) is 0 Å². The van der Waals surface area contributed by atoms with Gasteiger partial charge in [-0.15, -0.1) is 12.4 Å². The van der Waals surface area contributed by atoms with Gasteiger partial charge in [-0.05, 0) is 50.9 Å². The lowest BCUT2D eigenvalue weighted by Crippen LogP contribution is -2.26. The number of hydrogen-bond donors (Lipinski definition) is 2. The van der Waals surface area contributed by atoms with Gasteiger partial charge in [-0.2, -0.15) is 0 Å². The summed E-state index contributed by atoms with van der Waals surface area (Å²) in [5.41, 5.74) is 1.93. The predicted octanol–water partition coefficient (Wildman–Crippen LogP) is 2.15. The lowest BCUT2D eigenvalue weighted by Gasteiger charge is -2.09. The summed E-state index contributed by atoms with van der Waals surface area (Å²) in [5.74, 6) is 0.768. The van der Waals surface area contributed by atoms with Crippen LogP contribution in [0.2, 0.25) is 0 Å². The number of carbonyl (C=O) groups is 1. The summed E-state index contributed by atoms with van der Waals surface area (Å²) in [6.45, 7) is 5.02. The number of aryl methyl sites for hydroxylation is 1. The molecule has 1 aliphatic rings. The molecule has 0 spiro atoms. The second kappa shape index (κ2) is 7.39. The van der Waals surface area contributed by atoms with Crippen LogP contribution in [0.1, 0.15) is 28.8 Å². The Morgan fingerprint density at radius 1 is 1.39 bits per heavy atom. The van der Waals surface area contributed by atoms with Crippen molar-refractivity contribution in [3.8, 4) is 0 Å². The molecule has 1 saturated heterocycles. The molecule has 1 heterocycles. The van der Waals surface area contributed by atoms with Crippen LogP contribution in [0.15, 0.2) is 24.3 Å². The topological polar surface area (TPSA) is 41.1 Å². The summed E-state index contributed by atoms with van der Waals surface area (Å²) >= 11 is 0. The minimum Gasteiger partial charge on any atom is -0.352 e. The molecule has 100 valence electrons. The Bertz CT molecular complexity index is 372. The van der Waals surface area contributed by atoms with Crippen LogP contribution in [0.4, 0.5) is 0 Å². The van der Waals surface area contributed by atoms with Gasteiger partial charge in [-0.1, -0.05) is 17.7 Å². The highest BCUT2D eigenvalue weighted by Crippen LogP contribution is 2.11. The summed E-state index contributed by atoms with van der Waals surface area (Å²) < 4.78 is 0. The maximum absolute atomic E-state index is 11.8. The Hall–Kier alpha value is -1.06. The average Bonchev–Trinajstić information content (AvgIpc) is 2.83. The van der Waals surface area contributed by atoms with Gasteiger partial charge < -0.3 is 10.6 Å². The highest BCUT2D eigenvalue weighted by molar-refractivity contribution is 5.94. The molecule has 0 saturated carbocycles. The summed E-state index contributed by atoms with van der Waals surface area (Å²) in [6.07, 6.45) is 2.31. The van der Waals surface area contributed by atoms with Crippen molar-refractivity contribution in [2.24, 2.45) is 5.92 Å². The monoisotopic (exact) mass is 268 g/mol. The van der Waals surface area contributed by atoms with Crippen LogP contribution >= 0.6 is 12.4 Å². The van der Waals surface area contributed by atoms with Gasteiger partial charge in [0.2, 0.25) is 0 Å². The van der Waals surface area contributed by atoms with Crippen molar-refractivity contribution in [1.82, 2.24) is 10.6 Å². The first kappa shape index (κ1) is 15.0. The van der Waals surface area contributed by atoms with E-state index in [1.165, 1.54) is 12.0 Å². The molecular formula is C14H21ClN2O. The van der Waals surface area contributed by atoms with Crippen molar-refractivity contribution in [3.05, 3.63) is 35.4 Å². The lowest BCUT2D eigenvalue weighted by atomic mass is 10.1. The van der Waals surface area contributed by atoms with Crippen molar-refractivity contribution < 1.29 is 4.79 Å². The van der Waals surface area contributed by atoms with Crippen molar-refractivity contribution in [2.75, 3.05) is 19.6 Å². The molecule has 4 heteroatoms. The highest BCUT2D eigenvalue weighted by atomic mass is 35.5. The normalized spacial score (nSPS) is 18.2. The Morgan fingerprint density at radius 3 is 2.72 bits per heavy atom. The largest absolute Gasteiger partial charge is 0.352 e. The number of halogens is 1. The SMILES string of the molecule is Cc1ccc(C(=O)NCCC2CCNC2)cc1.Cl. The molecule has 1 amide bonds. The number of amides is 1. The van der Waals surface area contributed by atoms with Crippen molar-refractivity contribution in [2.45, 2.75) is 19.8 Å². The van der Waals surface area contributed by atoms with Crippen molar-refractivity contribution >= 4 is 18.3 Å². The third-order valence-corrected chi connectivity index (χ3v) is 3.31. The molecule has 1 aromatic carbocycles. The fourth-order valence-corrected chi connectivity index (χ4v) is 2.16. The standard InChI is InChI=1S/C14H20N2O.ClH/c1-11-2-4-13(5-3-11)14(17)16-9-7-12-6-8-15-10-12;/h2-5,12,15H,6-10H2,1H3,(H,16,17);1H. The molecule has 1 aromatic rings. The first-order chi connectivity index (χ1) is 8.25. The van der Waals surface area contributed by atoms with Gasteiger partial charge in [0.15, 0.2) is 0 Å². The van der Waals surface area contributed by atoms with Gasteiger partial charge >= 0.3 is 0 Å². The minimum absolute atomic E-state index is 0. The van der Waals surface area contributed by atoms with Crippen LogP contribution < -0.4 is 10.6 Å². The molecule has 1 fully saturated rings. The molecule has 1 atom stereocenters. The molecule has 18 heavy (non-hydrogen) atoms. The minimum atomic E-state index is 0. The summed E-state index contributed by atoms with van der Waals surface area (Å²) in [4.78, 5) is 11.8. The van der Waals surface area contributed by atoms with E-state index in [2.05, 4.69) is 10.6 Å². The maximum atomic E-state index is 11.8. The predicted molar refractivity (Wildman–Crippen MR) is 76.4 cm³/mol. The van der Waals surface area contributed by atoms with Crippen molar-refractivity contribution in [1.29, 1.82) is 0 Å². The van der Waals surface area contributed by atoms with E-state index < -0.39 is 0 Å². The molecule has 0 aliphatic carbocycles. The lowest BCUT2D eigenvalue weighted by molar-refractivity contribution is 0.0951. The number of rotatable bonds is 4. The van der Waals surface area contributed by atoms with E-state index in [-0.39, 0.29) is 18.3 Å². The Morgan fingerprint density at radius 2 is 2.11 bits per heavy atom. The molecule has 0 radical (unpaired) electrons. The van der Waals surface area contributed by atoms with E-state index in [0.717, 1.165) is 37.5 Å². The van der Waals surface area contributed by atoms with Gasteiger partial charge in [-0.25, -0.2) is 0 Å². The summed E-state index contributed by atoms with van der Waals surface area (Å²) in [6, 6.07) is 7.69. The second-order valence-corrected chi connectivity index (χ2v) is 4.77. The fourth-order valence-electron chi connectivity index (χ4n) is 2.16. The average molecular weight is 269 g/mol. The second-order valence-electron chi connectivity index (χ2n) is 4.77. The number of nitrogens with one attached hydrogen (secondary N) is 2. The van der Waals surface area contributed by atoms with Crippen molar-refractivity contribution in [3.63, 3.8) is 0 Å². The van der Waals surface area contributed by atoms with Crippen LogP contribution in [0, 0.1) is 12.8 Å². The van der Waals surface area contributed by atoms with Gasteiger partial charge in [-0.3, -0.25) is 4.79 Å². The smallest absolute Gasteiger partial charge is 0.251 e. The summed E-state index contributed by atoms with van der Waals surface area (Å²) in [5, 5.41) is 6.31. The molecule has 2 rings (SSSR count). The molecule has 0 bridgehead atoms. The third kappa shape index (κ3) is 4.31. The first-order valence-corrected chi connectivity index (χ1v) is 6.31. The van der Waals surface area contributed by atoms with E-state index in [9.17, 15) is 4.79 Å². The van der Waals surface area contributed by atoms with E-state index in [0.29, 0.717) is 0 Å². The third-order valence-electron chi connectivity index (χ3n) is 3.31. The highest BCUT2D eigenvalue weighted by Gasteiger charge is 2.14. The van der Waals surface area contributed by atoms with E-state index >= 15 is 0 Å². The number of hydrogen-bond acceptors (Lipinski definition) is 2. The number of benzene rings is 1. The van der Waals surface area contributed by atoms with Crippen LogP contribution in [0.3, 0.4) is 0 Å². The zero-order valence-electron chi connectivity index (χ0n) is 10.7. The van der Waals surface area contributed by atoms with Crippen LogP contribution in [-0.4, -0.2) is 25.5 Å². The first-order valence-electron chi connectivity index (χ1n) is 6.31. The molecule has 1 aliphatic heterocycles. The molecule has 2 N–H and O–H groups in total. The molecule has 0 aromatic heterocycles. The van der Waals surface area contributed by atoms with Gasteiger partial charge in [0.1, 0.15) is 0 Å². The van der Waals surface area contributed by atoms with Crippen LogP contribution in [0.5, 0.6) is 0 Å². The molecule has 1 unspecified atom stereocenters. The molecule has 3 nitrogen and oxygen atoms in total. The Balaban J connectivity index is 0.00000162. The van der Waals surface area contributed by atoms with Crippen LogP contribution in [0.25, 0.3) is 0 Å². The number of carbonyl (C=O) groups excluding carboxylic acids is 1. The Kier molecular flexibility index (Phi) is 6.16. The van der Waals surface area contributed by atoms with Gasteiger partial charge in [0.25, 0.3) is 5.91 Å².